The molecule has 0 aliphatic rings. The Labute approximate surface area is 122 Å². The van der Waals surface area contributed by atoms with Gasteiger partial charge in [0.05, 0.1) is 5.60 Å². The van der Waals surface area contributed by atoms with E-state index in [-0.39, 0.29) is 19.1 Å². The maximum absolute atomic E-state index is 11.6. The second kappa shape index (κ2) is 7.50. The number of amides is 1. The standard InChI is InChI=1S/C14H20BrNO3/c1-3-7-14(2,18)10-16-13(17)9-19-12-6-4-5-11(15)8-12/h4-6,8,18H,3,7,9-10H2,1-2H3,(H,16,17). The maximum atomic E-state index is 11.6. The van der Waals surface area contributed by atoms with Crippen LogP contribution >= 0.6 is 15.9 Å². The molecule has 0 heterocycles. The predicted molar refractivity (Wildman–Crippen MR) is 78.2 cm³/mol. The van der Waals surface area contributed by atoms with E-state index in [2.05, 4.69) is 21.2 Å². The molecule has 0 saturated heterocycles. The van der Waals surface area contributed by atoms with Crippen molar-refractivity contribution in [1.82, 2.24) is 5.32 Å². The first kappa shape index (κ1) is 16.0. The minimum Gasteiger partial charge on any atom is -0.484 e. The summed E-state index contributed by atoms with van der Waals surface area (Å²) >= 11 is 3.33. The van der Waals surface area contributed by atoms with Gasteiger partial charge in [-0.2, -0.15) is 0 Å². The normalized spacial score (nSPS) is 13.7. The van der Waals surface area contributed by atoms with Crippen molar-refractivity contribution in [1.29, 1.82) is 0 Å². The van der Waals surface area contributed by atoms with Gasteiger partial charge < -0.3 is 15.2 Å². The molecule has 0 saturated carbocycles. The van der Waals surface area contributed by atoms with Crippen molar-refractivity contribution < 1.29 is 14.6 Å². The van der Waals surface area contributed by atoms with Crippen molar-refractivity contribution in [3.8, 4) is 5.75 Å². The first-order chi connectivity index (χ1) is 8.93. The number of carbonyl (C=O) groups excluding carboxylic acids is 1. The van der Waals surface area contributed by atoms with Gasteiger partial charge in [-0.1, -0.05) is 35.3 Å². The Hall–Kier alpha value is -1.07. The van der Waals surface area contributed by atoms with Crippen LogP contribution in [0, 0.1) is 0 Å². The summed E-state index contributed by atoms with van der Waals surface area (Å²) < 4.78 is 6.25. The molecule has 0 aromatic heterocycles. The summed E-state index contributed by atoms with van der Waals surface area (Å²) in [6.45, 7) is 3.89. The first-order valence-corrected chi connectivity index (χ1v) is 7.10. The van der Waals surface area contributed by atoms with Gasteiger partial charge in [0.1, 0.15) is 5.75 Å². The highest BCUT2D eigenvalue weighted by Gasteiger charge is 2.19. The number of aliphatic hydroxyl groups is 1. The molecular formula is C14H20BrNO3. The van der Waals surface area contributed by atoms with Gasteiger partial charge in [0.2, 0.25) is 0 Å². The number of benzene rings is 1. The van der Waals surface area contributed by atoms with Crippen LogP contribution in [-0.2, 0) is 4.79 Å². The summed E-state index contributed by atoms with van der Waals surface area (Å²) in [7, 11) is 0. The van der Waals surface area contributed by atoms with Crippen LogP contribution in [0.25, 0.3) is 0 Å². The number of rotatable bonds is 7. The van der Waals surface area contributed by atoms with Crippen LogP contribution < -0.4 is 10.1 Å². The summed E-state index contributed by atoms with van der Waals surface area (Å²) in [6.07, 6.45) is 1.52. The summed E-state index contributed by atoms with van der Waals surface area (Å²) in [6, 6.07) is 7.30. The van der Waals surface area contributed by atoms with Crippen LogP contribution in [0.1, 0.15) is 26.7 Å². The van der Waals surface area contributed by atoms with E-state index in [1.807, 2.05) is 19.1 Å². The van der Waals surface area contributed by atoms with Gasteiger partial charge in [0, 0.05) is 11.0 Å². The molecule has 0 bridgehead atoms. The number of ether oxygens (including phenoxy) is 1. The third-order valence-electron chi connectivity index (χ3n) is 2.62. The fourth-order valence-corrected chi connectivity index (χ4v) is 2.05. The highest BCUT2D eigenvalue weighted by Crippen LogP contribution is 2.17. The maximum Gasteiger partial charge on any atom is 0.258 e. The van der Waals surface area contributed by atoms with E-state index in [1.54, 1.807) is 19.1 Å². The molecular weight excluding hydrogens is 310 g/mol. The highest BCUT2D eigenvalue weighted by atomic mass is 79.9. The Bertz CT molecular complexity index is 421. The Kier molecular flexibility index (Phi) is 6.31. The molecule has 5 heteroatoms. The fourth-order valence-electron chi connectivity index (χ4n) is 1.67. The third-order valence-corrected chi connectivity index (χ3v) is 3.11. The minimum atomic E-state index is -0.861. The van der Waals surface area contributed by atoms with Crippen molar-refractivity contribution >= 4 is 21.8 Å². The number of hydrogen-bond donors (Lipinski definition) is 2. The van der Waals surface area contributed by atoms with E-state index in [0.717, 1.165) is 10.9 Å². The average molecular weight is 330 g/mol. The summed E-state index contributed by atoms with van der Waals surface area (Å²) in [4.78, 5) is 11.6. The lowest BCUT2D eigenvalue weighted by molar-refractivity contribution is -0.124. The lowest BCUT2D eigenvalue weighted by Gasteiger charge is -2.22. The zero-order chi connectivity index (χ0) is 14.3. The van der Waals surface area contributed by atoms with Gasteiger partial charge in [0.25, 0.3) is 5.91 Å². The van der Waals surface area contributed by atoms with Crippen LogP contribution in [0.2, 0.25) is 0 Å². The lowest BCUT2D eigenvalue weighted by atomic mass is 10.0. The molecule has 0 radical (unpaired) electrons. The number of halogens is 1. The van der Waals surface area contributed by atoms with Crippen LogP contribution in [0.15, 0.2) is 28.7 Å². The SMILES string of the molecule is CCCC(C)(O)CNC(=O)COc1cccc(Br)c1. The summed E-state index contributed by atoms with van der Waals surface area (Å²) in [5, 5.41) is 12.6. The van der Waals surface area contributed by atoms with Crippen LogP contribution in [0.5, 0.6) is 5.75 Å². The molecule has 106 valence electrons. The quantitative estimate of drug-likeness (QED) is 0.808. The molecule has 1 amide bonds. The van der Waals surface area contributed by atoms with E-state index in [0.29, 0.717) is 12.2 Å². The Morgan fingerprint density at radius 2 is 2.26 bits per heavy atom. The molecule has 1 unspecified atom stereocenters. The molecule has 1 atom stereocenters. The van der Waals surface area contributed by atoms with E-state index >= 15 is 0 Å². The van der Waals surface area contributed by atoms with Crippen LogP contribution in [-0.4, -0.2) is 29.8 Å². The van der Waals surface area contributed by atoms with Gasteiger partial charge in [-0.3, -0.25) is 4.79 Å². The van der Waals surface area contributed by atoms with Crippen molar-refractivity contribution in [3.63, 3.8) is 0 Å². The second-order valence-corrected chi connectivity index (χ2v) is 5.69. The number of nitrogens with one attached hydrogen (secondary N) is 1. The van der Waals surface area contributed by atoms with Gasteiger partial charge in [0.15, 0.2) is 6.61 Å². The molecule has 0 aliphatic heterocycles. The second-order valence-electron chi connectivity index (χ2n) is 4.77. The third kappa shape index (κ3) is 6.59. The van der Waals surface area contributed by atoms with Crippen molar-refractivity contribution in [2.24, 2.45) is 0 Å². The largest absolute Gasteiger partial charge is 0.484 e. The van der Waals surface area contributed by atoms with E-state index in [1.165, 1.54) is 0 Å². The molecule has 1 rings (SSSR count). The first-order valence-electron chi connectivity index (χ1n) is 6.30. The summed E-state index contributed by atoms with van der Waals surface area (Å²) in [5.74, 6) is 0.390. The molecule has 19 heavy (non-hydrogen) atoms. The van der Waals surface area contributed by atoms with Crippen molar-refractivity contribution in [3.05, 3.63) is 28.7 Å². The monoisotopic (exact) mass is 329 g/mol. The van der Waals surface area contributed by atoms with Crippen LogP contribution in [0.4, 0.5) is 0 Å². The molecule has 0 aliphatic carbocycles. The predicted octanol–water partition coefficient (Wildman–Crippen LogP) is 2.50. The molecule has 2 N–H and O–H groups in total. The number of carbonyl (C=O) groups is 1. The van der Waals surface area contributed by atoms with Crippen LogP contribution in [0.3, 0.4) is 0 Å². The highest BCUT2D eigenvalue weighted by molar-refractivity contribution is 9.10. The van der Waals surface area contributed by atoms with Gasteiger partial charge in [-0.15, -0.1) is 0 Å². The Morgan fingerprint density at radius 3 is 2.89 bits per heavy atom. The van der Waals surface area contributed by atoms with E-state index in [9.17, 15) is 9.90 Å². The Balaban J connectivity index is 2.32. The van der Waals surface area contributed by atoms with Crippen molar-refractivity contribution in [2.75, 3.05) is 13.2 Å². The molecule has 0 fully saturated rings. The average Bonchev–Trinajstić information content (AvgIpc) is 2.34. The number of hydrogen-bond acceptors (Lipinski definition) is 3. The summed E-state index contributed by atoms with van der Waals surface area (Å²) in [5.41, 5.74) is -0.861. The topological polar surface area (TPSA) is 58.6 Å². The smallest absolute Gasteiger partial charge is 0.258 e. The molecule has 4 nitrogen and oxygen atoms in total. The zero-order valence-electron chi connectivity index (χ0n) is 11.3. The molecule has 0 spiro atoms. The van der Waals surface area contributed by atoms with E-state index < -0.39 is 5.60 Å². The minimum absolute atomic E-state index is 0.0569. The lowest BCUT2D eigenvalue weighted by Crippen LogP contribution is -2.42. The van der Waals surface area contributed by atoms with E-state index in [4.69, 9.17) is 4.74 Å². The van der Waals surface area contributed by atoms with Gasteiger partial charge in [-0.25, -0.2) is 0 Å². The Morgan fingerprint density at radius 1 is 1.53 bits per heavy atom. The van der Waals surface area contributed by atoms with Crippen molar-refractivity contribution in [2.45, 2.75) is 32.3 Å². The molecule has 1 aromatic carbocycles. The van der Waals surface area contributed by atoms with Gasteiger partial charge >= 0.3 is 0 Å². The fraction of sp³-hybridized carbons (Fsp3) is 0.500. The van der Waals surface area contributed by atoms with Gasteiger partial charge in [-0.05, 0) is 31.5 Å². The molecule has 1 aromatic rings. The zero-order valence-corrected chi connectivity index (χ0v) is 12.9.